The Balaban J connectivity index is 2.45. The van der Waals surface area contributed by atoms with Crippen molar-refractivity contribution in [1.29, 1.82) is 0 Å². The van der Waals surface area contributed by atoms with Gasteiger partial charge < -0.3 is 10.2 Å². The smallest absolute Gasteiger partial charge is 0.317 e. The fourth-order valence-electron chi connectivity index (χ4n) is 1.58. The monoisotopic (exact) mass is 170 g/mol. The van der Waals surface area contributed by atoms with E-state index in [-0.39, 0.29) is 6.03 Å². The van der Waals surface area contributed by atoms with Crippen LogP contribution < -0.4 is 5.32 Å². The molecule has 3 heteroatoms. The van der Waals surface area contributed by atoms with Gasteiger partial charge in [-0.25, -0.2) is 4.79 Å². The van der Waals surface area contributed by atoms with Gasteiger partial charge in [0.05, 0.1) is 0 Å². The van der Waals surface area contributed by atoms with Gasteiger partial charge in [0.2, 0.25) is 0 Å². The Morgan fingerprint density at radius 3 is 2.75 bits per heavy atom. The van der Waals surface area contributed by atoms with Crippen molar-refractivity contribution in [2.24, 2.45) is 0 Å². The summed E-state index contributed by atoms with van der Waals surface area (Å²) in [6.45, 7) is 7.12. The molecule has 0 radical (unpaired) electrons. The van der Waals surface area contributed by atoms with Crippen LogP contribution in [-0.4, -0.2) is 29.6 Å². The van der Waals surface area contributed by atoms with Crippen molar-refractivity contribution in [3.05, 3.63) is 0 Å². The third-order valence-electron chi connectivity index (χ3n) is 2.27. The molecule has 12 heavy (non-hydrogen) atoms. The lowest BCUT2D eigenvalue weighted by Gasteiger charge is -2.18. The summed E-state index contributed by atoms with van der Waals surface area (Å²) in [5.74, 6) is 0. The van der Waals surface area contributed by atoms with Crippen LogP contribution in [-0.2, 0) is 0 Å². The molecule has 1 saturated heterocycles. The number of rotatable bonds is 3. The normalized spacial score (nSPS) is 23.5. The molecule has 1 rings (SSSR count). The highest BCUT2D eigenvalue weighted by atomic mass is 16.2. The number of nitrogens with zero attached hydrogens (tertiary/aromatic N) is 1. The van der Waals surface area contributed by atoms with E-state index in [1.165, 1.54) is 0 Å². The molecule has 0 saturated carbocycles. The maximum absolute atomic E-state index is 11.3. The molecule has 1 aliphatic rings. The molecule has 0 bridgehead atoms. The molecule has 0 aromatic rings. The predicted molar refractivity (Wildman–Crippen MR) is 49.1 cm³/mol. The summed E-state index contributed by atoms with van der Waals surface area (Å²) in [6.07, 6.45) is 2.23. The minimum atomic E-state index is 0.100. The van der Waals surface area contributed by atoms with Gasteiger partial charge >= 0.3 is 6.03 Å². The summed E-state index contributed by atoms with van der Waals surface area (Å²) in [5.41, 5.74) is 0. The summed E-state index contributed by atoms with van der Waals surface area (Å²) in [7, 11) is 0. The predicted octanol–water partition coefficient (Wildman–Crippen LogP) is 1.59. The van der Waals surface area contributed by atoms with Crippen molar-refractivity contribution < 1.29 is 4.79 Å². The lowest BCUT2D eigenvalue weighted by molar-refractivity contribution is 0.205. The lowest BCUT2D eigenvalue weighted by atomic mass is 10.2. The molecule has 3 nitrogen and oxygen atoms in total. The van der Waals surface area contributed by atoms with E-state index in [1.54, 1.807) is 0 Å². The molecule has 70 valence electrons. The summed E-state index contributed by atoms with van der Waals surface area (Å²) in [4.78, 5) is 13.2. The van der Waals surface area contributed by atoms with Gasteiger partial charge in [0.25, 0.3) is 0 Å². The molecule has 1 N–H and O–H groups in total. The number of carbonyl (C=O) groups excluding carboxylic acids is 1. The Bertz CT molecular complexity index is 168. The van der Waals surface area contributed by atoms with E-state index in [9.17, 15) is 4.79 Å². The standard InChI is InChI=1S/C9H18N2O/c1-4-5-8-6-11(7(2)3)9(12)10-8/h7-8H,4-6H2,1-3H3,(H,10,12). The lowest BCUT2D eigenvalue weighted by Crippen LogP contribution is -2.33. The fourth-order valence-corrected chi connectivity index (χ4v) is 1.58. The van der Waals surface area contributed by atoms with Crippen LogP contribution >= 0.6 is 0 Å². The van der Waals surface area contributed by atoms with E-state index in [0.29, 0.717) is 12.1 Å². The van der Waals surface area contributed by atoms with Crippen LogP contribution in [0, 0.1) is 0 Å². The van der Waals surface area contributed by atoms with E-state index in [2.05, 4.69) is 12.2 Å². The summed E-state index contributed by atoms with van der Waals surface area (Å²) < 4.78 is 0. The molecular formula is C9H18N2O. The molecular weight excluding hydrogens is 152 g/mol. The maximum atomic E-state index is 11.3. The molecule has 1 fully saturated rings. The van der Waals surface area contributed by atoms with E-state index in [4.69, 9.17) is 0 Å². The van der Waals surface area contributed by atoms with Crippen molar-refractivity contribution >= 4 is 6.03 Å². The maximum Gasteiger partial charge on any atom is 0.317 e. The Morgan fingerprint density at radius 1 is 1.67 bits per heavy atom. The van der Waals surface area contributed by atoms with Gasteiger partial charge in [-0.15, -0.1) is 0 Å². The van der Waals surface area contributed by atoms with Crippen LogP contribution in [0.4, 0.5) is 4.79 Å². The minimum Gasteiger partial charge on any atom is -0.333 e. The second-order valence-electron chi connectivity index (χ2n) is 3.68. The van der Waals surface area contributed by atoms with Crippen LogP contribution in [0.3, 0.4) is 0 Å². The van der Waals surface area contributed by atoms with Crippen LogP contribution in [0.5, 0.6) is 0 Å². The number of amides is 2. The van der Waals surface area contributed by atoms with Gasteiger partial charge in [-0.05, 0) is 20.3 Å². The molecule has 1 aliphatic heterocycles. The summed E-state index contributed by atoms with van der Waals surface area (Å²) in [6, 6.07) is 0.806. The van der Waals surface area contributed by atoms with Gasteiger partial charge in [0, 0.05) is 18.6 Å². The third kappa shape index (κ3) is 1.90. The van der Waals surface area contributed by atoms with Crippen molar-refractivity contribution in [3.8, 4) is 0 Å². The molecule has 2 amide bonds. The zero-order valence-electron chi connectivity index (χ0n) is 8.13. The zero-order chi connectivity index (χ0) is 9.14. The van der Waals surface area contributed by atoms with Gasteiger partial charge in [-0.3, -0.25) is 0 Å². The number of carbonyl (C=O) groups is 1. The Labute approximate surface area is 74.1 Å². The average Bonchev–Trinajstić information content (AvgIpc) is 2.32. The first kappa shape index (κ1) is 9.36. The molecule has 0 spiro atoms. The Kier molecular flexibility index (Phi) is 2.95. The molecule has 1 atom stereocenters. The molecule has 0 aromatic heterocycles. The Hall–Kier alpha value is -0.730. The molecule has 1 heterocycles. The largest absolute Gasteiger partial charge is 0.333 e. The van der Waals surface area contributed by atoms with E-state index in [0.717, 1.165) is 19.4 Å². The van der Waals surface area contributed by atoms with Gasteiger partial charge in [0.15, 0.2) is 0 Å². The first-order valence-electron chi connectivity index (χ1n) is 4.72. The third-order valence-corrected chi connectivity index (χ3v) is 2.27. The van der Waals surface area contributed by atoms with Gasteiger partial charge in [0.1, 0.15) is 0 Å². The topological polar surface area (TPSA) is 32.3 Å². The van der Waals surface area contributed by atoms with Crippen LogP contribution in [0.2, 0.25) is 0 Å². The highest BCUT2D eigenvalue weighted by Gasteiger charge is 2.29. The van der Waals surface area contributed by atoms with E-state index < -0.39 is 0 Å². The second kappa shape index (κ2) is 3.78. The number of hydrogen-bond acceptors (Lipinski definition) is 1. The van der Waals surface area contributed by atoms with Crippen LogP contribution in [0.1, 0.15) is 33.6 Å². The highest BCUT2D eigenvalue weighted by molar-refractivity contribution is 5.77. The highest BCUT2D eigenvalue weighted by Crippen LogP contribution is 2.11. The van der Waals surface area contributed by atoms with E-state index in [1.807, 2.05) is 18.7 Å². The van der Waals surface area contributed by atoms with Crippen molar-refractivity contribution in [3.63, 3.8) is 0 Å². The van der Waals surface area contributed by atoms with Crippen LogP contribution in [0.25, 0.3) is 0 Å². The van der Waals surface area contributed by atoms with E-state index >= 15 is 0 Å². The minimum absolute atomic E-state index is 0.100. The fraction of sp³-hybridized carbons (Fsp3) is 0.889. The van der Waals surface area contributed by atoms with Crippen molar-refractivity contribution in [1.82, 2.24) is 10.2 Å². The zero-order valence-corrected chi connectivity index (χ0v) is 8.13. The van der Waals surface area contributed by atoms with Gasteiger partial charge in [-0.1, -0.05) is 13.3 Å². The molecule has 1 unspecified atom stereocenters. The SMILES string of the molecule is CCCC1CN(C(C)C)C(=O)N1. The number of hydrogen-bond donors (Lipinski definition) is 1. The van der Waals surface area contributed by atoms with Gasteiger partial charge in [-0.2, -0.15) is 0 Å². The molecule has 0 aliphatic carbocycles. The summed E-state index contributed by atoms with van der Waals surface area (Å²) >= 11 is 0. The first-order valence-corrected chi connectivity index (χ1v) is 4.72. The summed E-state index contributed by atoms with van der Waals surface area (Å²) in [5, 5.41) is 2.97. The molecule has 0 aromatic carbocycles. The van der Waals surface area contributed by atoms with Crippen LogP contribution in [0.15, 0.2) is 0 Å². The van der Waals surface area contributed by atoms with Crippen molar-refractivity contribution in [2.75, 3.05) is 6.54 Å². The van der Waals surface area contributed by atoms with Crippen molar-refractivity contribution in [2.45, 2.75) is 45.7 Å². The average molecular weight is 170 g/mol. The number of nitrogens with one attached hydrogen (secondary N) is 1. The second-order valence-corrected chi connectivity index (χ2v) is 3.68. The quantitative estimate of drug-likeness (QED) is 0.685. The number of urea groups is 1. The Morgan fingerprint density at radius 2 is 2.33 bits per heavy atom. The first-order chi connectivity index (χ1) is 5.65.